The molecular formula is C15H14N2S2. The normalized spacial score (nSPS) is 18.4. The van der Waals surface area contributed by atoms with E-state index in [0.717, 1.165) is 19.5 Å². The lowest BCUT2D eigenvalue weighted by atomic mass is 10.1. The molecule has 96 valence electrons. The van der Waals surface area contributed by atoms with Crippen LogP contribution in [0.3, 0.4) is 0 Å². The van der Waals surface area contributed by atoms with E-state index in [1.54, 1.807) is 0 Å². The maximum atomic E-state index is 4.61. The zero-order chi connectivity index (χ0) is 12.8. The van der Waals surface area contributed by atoms with Crippen LogP contribution < -0.4 is 0 Å². The van der Waals surface area contributed by atoms with Crippen molar-refractivity contribution in [1.29, 1.82) is 0 Å². The van der Waals surface area contributed by atoms with Gasteiger partial charge in [0.1, 0.15) is 0 Å². The topological polar surface area (TPSA) is 15.6 Å². The molecule has 0 bridgehead atoms. The molecule has 0 amide bonds. The number of allylic oxidation sites excluding steroid dienone is 1. The first-order valence-corrected chi connectivity index (χ1v) is 8.27. The van der Waals surface area contributed by atoms with Gasteiger partial charge in [0.05, 0.1) is 12.2 Å². The van der Waals surface area contributed by atoms with Crippen molar-refractivity contribution in [3.8, 4) is 0 Å². The molecule has 2 aromatic rings. The fourth-order valence-corrected chi connectivity index (χ4v) is 4.79. The van der Waals surface area contributed by atoms with Gasteiger partial charge in [0.15, 0.2) is 5.17 Å². The lowest BCUT2D eigenvalue weighted by Crippen LogP contribution is -2.20. The third-order valence-corrected chi connectivity index (χ3v) is 5.83. The molecule has 0 aliphatic carbocycles. The van der Waals surface area contributed by atoms with Crippen LogP contribution in [0.25, 0.3) is 15.8 Å². The standard InChI is InChI=1S/C15H14N2S2/c1-2-12-13(17-8-7-16-15(17)19-12)11-5-3-4-10-6-9-18-14(10)11/h3-6,9H,2,7-8H2,1H3. The van der Waals surface area contributed by atoms with Crippen LogP contribution in [-0.2, 0) is 0 Å². The Morgan fingerprint density at radius 3 is 3.16 bits per heavy atom. The highest BCUT2D eigenvalue weighted by atomic mass is 32.2. The number of nitrogens with zero attached hydrogens (tertiary/aromatic N) is 2. The molecule has 2 aliphatic rings. The molecule has 4 rings (SSSR count). The minimum absolute atomic E-state index is 0.934. The summed E-state index contributed by atoms with van der Waals surface area (Å²) in [5, 5.41) is 4.72. The van der Waals surface area contributed by atoms with Crippen molar-refractivity contribution >= 4 is 44.0 Å². The minimum Gasteiger partial charge on any atom is -0.318 e. The van der Waals surface area contributed by atoms with E-state index in [9.17, 15) is 0 Å². The third kappa shape index (κ3) is 1.66. The van der Waals surface area contributed by atoms with E-state index in [4.69, 9.17) is 0 Å². The van der Waals surface area contributed by atoms with Gasteiger partial charge in [-0.05, 0) is 23.3 Å². The van der Waals surface area contributed by atoms with E-state index >= 15 is 0 Å². The van der Waals surface area contributed by atoms with Crippen LogP contribution in [0.15, 0.2) is 39.5 Å². The van der Waals surface area contributed by atoms with E-state index in [2.05, 4.69) is 46.5 Å². The van der Waals surface area contributed by atoms with Gasteiger partial charge in [0.2, 0.25) is 0 Å². The molecule has 0 atom stereocenters. The monoisotopic (exact) mass is 286 g/mol. The molecule has 19 heavy (non-hydrogen) atoms. The highest BCUT2D eigenvalue weighted by Crippen LogP contribution is 2.45. The number of aliphatic imine (C=N–C) groups is 1. The van der Waals surface area contributed by atoms with Crippen molar-refractivity contribution in [3.05, 3.63) is 40.1 Å². The van der Waals surface area contributed by atoms with Gasteiger partial charge in [0.25, 0.3) is 0 Å². The molecule has 0 fully saturated rings. The van der Waals surface area contributed by atoms with E-state index in [1.807, 2.05) is 23.1 Å². The van der Waals surface area contributed by atoms with Crippen LogP contribution >= 0.6 is 23.1 Å². The summed E-state index contributed by atoms with van der Waals surface area (Å²) in [6.45, 7) is 4.20. The number of hydrogen-bond donors (Lipinski definition) is 0. The molecular weight excluding hydrogens is 272 g/mol. The lowest BCUT2D eigenvalue weighted by Gasteiger charge is -2.18. The number of amidine groups is 1. The molecule has 0 spiro atoms. The van der Waals surface area contributed by atoms with E-state index in [1.165, 1.54) is 31.4 Å². The largest absolute Gasteiger partial charge is 0.318 e. The highest BCUT2D eigenvalue weighted by Gasteiger charge is 2.32. The Balaban J connectivity index is 1.95. The molecule has 2 aliphatic heterocycles. The number of fused-ring (bicyclic) bond motifs is 2. The van der Waals surface area contributed by atoms with Gasteiger partial charge in [-0.3, -0.25) is 4.99 Å². The summed E-state index contributed by atoms with van der Waals surface area (Å²) in [6.07, 6.45) is 1.08. The number of thiophene rings is 1. The molecule has 0 unspecified atom stereocenters. The van der Waals surface area contributed by atoms with Crippen LogP contribution in [0.4, 0.5) is 0 Å². The van der Waals surface area contributed by atoms with Gasteiger partial charge in [-0.25, -0.2) is 0 Å². The SMILES string of the molecule is CCC1=C(c2cccc3ccsc23)N2CCN=C2S1. The van der Waals surface area contributed by atoms with Crippen molar-refractivity contribution < 1.29 is 0 Å². The maximum Gasteiger partial charge on any atom is 0.168 e. The fourth-order valence-electron chi connectivity index (χ4n) is 2.75. The number of hydrogen-bond acceptors (Lipinski definition) is 4. The molecule has 4 heteroatoms. The van der Waals surface area contributed by atoms with Gasteiger partial charge >= 0.3 is 0 Å². The van der Waals surface area contributed by atoms with Crippen LogP contribution in [0, 0.1) is 0 Å². The second-order valence-electron chi connectivity index (χ2n) is 4.69. The molecule has 3 heterocycles. The van der Waals surface area contributed by atoms with Gasteiger partial charge in [-0.2, -0.15) is 0 Å². The number of benzene rings is 1. The van der Waals surface area contributed by atoms with Gasteiger partial charge in [-0.15, -0.1) is 11.3 Å². The van der Waals surface area contributed by atoms with Crippen LogP contribution in [0.5, 0.6) is 0 Å². The summed E-state index contributed by atoms with van der Waals surface area (Å²) < 4.78 is 1.40. The molecule has 0 saturated carbocycles. The Morgan fingerprint density at radius 1 is 1.32 bits per heavy atom. The van der Waals surface area contributed by atoms with Gasteiger partial charge in [0, 0.05) is 21.7 Å². The molecule has 0 saturated heterocycles. The van der Waals surface area contributed by atoms with E-state index < -0.39 is 0 Å². The summed E-state index contributed by atoms with van der Waals surface area (Å²) in [4.78, 5) is 8.47. The predicted molar refractivity (Wildman–Crippen MR) is 85.6 cm³/mol. The van der Waals surface area contributed by atoms with E-state index in [0.29, 0.717) is 0 Å². The quantitative estimate of drug-likeness (QED) is 0.813. The first kappa shape index (κ1) is 11.6. The molecule has 0 radical (unpaired) electrons. The maximum absolute atomic E-state index is 4.61. The summed E-state index contributed by atoms with van der Waals surface area (Å²) in [6, 6.07) is 8.82. The first-order valence-electron chi connectivity index (χ1n) is 6.58. The zero-order valence-corrected chi connectivity index (χ0v) is 12.4. The summed E-state index contributed by atoms with van der Waals surface area (Å²) in [7, 11) is 0. The van der Waals surface area contributed by atoms with Crippen molar-refractivity contribution in [3.63, 3.8) is 0 Å². The highest BCUT2D eigenvalue weighted by molar-refractivity contribution is 8.17. The second-order valence-corrected chi connectivity index (χ2v) is 6.67. The van der Waals surface area contributed by atoms with Crippen LogP contribution in [0.2, 0.25) is 0 Å². The van der Waals surface area contributed by atoms with Crippen molar-refractivity contribution in [1.82, 2.24) is 4.90 Å². The molecule has 0 N–H and O–H groups in total. The summed E-state index contributed by atoms with van der Waals surface area (Å²) >= 11 is 3.69. The van der Waals surface area contributed by atoms with Crippen LogP contribution in [0.1, 0.15) is 18.9 Å². The Hall–Kier alpha value is -1.26. The zero-order valence-electron chi connectivity index (χ0n) is 10.7. The Kier molecular flexibility index (Phi) is 2.67. The first-order chi connectivity index (χ1) is 9.38. The average molecular weight is 286 g/mol. The molecule has 2 nitrogen and oxygen atoms in total. The molecule has 1 aromatic heterocycles. The molecule has 1 aromatic carbocycles. The van der Waals surface area contributed by atoms with Gasteiger partial charge < -0.3 is 4.90 Å². The third-order valence-electron chi connectivity index (χ3n) is 3.61. The fraction of sp³-hybridized carbons (Fsp3) is 0.267. The van der Waals surface area contributed by atoms with Crippen LogP contribution in [-0.4, -0.2) is 23.2 Å². The number of rotatable bonds is 2. The predicted octanol–water partition coefficient (Wildman–Crippen LogP) is 4.40. The Morgan fingerprint density at radius 2 is 2.26 bits per heavy atom. The van der Waals surface area contributed by atoms with Crippen molar-refractivity contribution in [2.24, 2.45) is 4.99 Å². The lowest BCUT2D eigenvalue weighted by molar-refractivity contribution is 0.647. The summed E-state index contributed by atoms with van der Waals surface area (Å²) in [5.41, 5.74) is 2.78. The Labute approximate surface area is 120 Å². The van der Waals surface area contributed by atoms with E-state index in [-0.39, 0.29) is 0 Å². The summed E-state index contributed by atoms with van der Waals surface area (Å²) in [5.74, 6) is 0. The average Bonchev–Trinajstić information content (AvgIpc) is 3.12. The number of thioether (sulfide) groups is 1. The van der Waals surface area contributed by atoms with Crippen molar-refractivity contribution in [2.45, 2.75) is 13.3 Å². The van der Waals surface area contributed by atoms with Crippen molar-refractivity contribution in [2.75, 3.05) is 13.1 Å². The minimum atomic E-state index is 0.934. The smallest absolute Gasteiger partial charge is 0.168 e. The second kappa shape index (κ2) is 4.39. The van der Waals surface area contributed by atoms with Gasteiger partial charge in [-0.1, -0.05) is 36.9 Å². The Bertz CT molecular complexity index is 712.